The second-order valence-electron chi connectivity index (χ2n) is 5.87. The third-order valence-corrected chi connectivity index (χ3v) is 4.17. The summed E-state index contributed by atoms with van der Waals surface area (Å²) in [5, 5.41) is 13.6. The van der Waals surface area contributed by atoms with Crippen molar-refractivity contribution < 1.29 is 13.7 Å². The summed E-state index contributed by atoms with van der Waals surface area (Å²) in [6.45, 7) is 2.63. The van der Waals surface area contributed by atoms with Crippen molar-refractivity contribution in [3.8, 4) is 0 Å². The Morgan fingerprint density at radius 3 is 2.81 bits per heavy atom. The van der Waals surface area contributed by atoms with Crippen LogP contribution >= 0.6 is 0 Å². The van der Waals surface area contributed by atoms with E-state index >= 15 is 0 Å². The molecule has 2 rings (SSSR count). The number of benzene rings is 1. The number of nitro groups is 1. The molecule has 1 aliphatic carbocycles. The van der Waals surface area contributed by atoms with E-state index in [9.17, 15) is 18.9 Å². The zero-order valence-electron chi connectivity index (χ0n) is 12.1. The van der Waals surface area contributed by atoms with E-state index in [4.69, 9.17) is 0 Å². The second kappa shape index (κ2) is 6.83. The van der Waals surface area contributed by atoms with Crippen molar-refractivity contribution in [3.63, 3.8) is 0 Å². The summed E-state index contributed by atoms with van der Waals surface area (Å²) in [6.07, 6.45) is 5.53. The topological polar surface area (TPSA) is 55.2 Å². The molecule has 1 aromatic carbocycles. The molecule has 1 aliphatic rings. The van der Waals surface area contributed by atoms with Crippen LogP contribution in [0.25, 0.3) is 0 Å². The fourth-order valence-corrected chi connectivity index (χ4v) is 3.08. The third-order valence-electron chi connectivity index (χ3n) is 4.17. The van der Waals surface area contributed by atoms with Gasteiger partial charge in [-0.05, 0) is 30.7 Å². The van der Waals surface area contributed by atoms with Gasteiger partial charge in [0.2, 0.25) is 0 Å². The van der Waals surface area contributed by atoms with Crippen LogP contribution in [0.1, 0.15) is 39.0 Å². The minimum absolute atomic E-state index is 0.344. The molecule has 0 aromatic heterocycles. The van der Waals surface area contributed by atoms with Gasteiger partial charge in [-0.25, -0.2) is 8.78 Å². The fraction of sp³-hybridized carbons (Fsp3) is 0.600. The summed E-state index contributed by atoms with van der Waals surface area (Å²) in [4.78, 5) is 10.2. The third kappa shape index (κ3) is 3.89. The Bertz CT molecular complexity index is 523. The Kier molecular flexibility index (Phi) is 5.09. The number of hydrogen-bond donors (Lipinski definition) is 1. The van der Waals surface area contributed by atoms with Crippen molar-refractivity contribution in [1.29, 1.82) is 0 Å². The highest BCUT2D eigenvalue weighted by Gasteiger charge is 2.22. The Morgan fingerprint density at radius 2 is 2.14 bits per heavy atom. The van der Waals surface area contributed by atoms with Gasteiger partial charge >= 0.3 is 0 Å². The van der Waals surface area contributed by atoms with Crippen LogP contribution < -0.4 is 5.32 Å². The summed E-state index contributed by atoms with van der Waals surface area (Å²) < 4.78 is 26.9. The van der Waals surface area contributed by atoms with Gasteiger partial charge < -0.3 is 5.32 Å². The van der Waals surface area contributed by atoms with Gasteiger partial charge in [0.05, 0.1) is 4.92 Å². The number of nitro benzene ring substituents is 1. The Balaban J connectivity index is 1.99. The van der Waals surface area contributed by atoms with Crippen LogP contribution in [0.3, 0.4) is 0 Å². The maximum Gasteiger partial charge on any atom is 0.295 e. The quantitative estimate of drug-likeness (QED) is 0.643. The first kappa shape index (κ1) is 15.7. The molecule has 0 aliphatic heterocycles. The molecule has 1 fully saturated rings. The monoisotopic (exact) mass is 298 g/mol. The SMILES string of the molecule is CC1CCCC(CCNc2c([N+](=O)[O-])ccc(F)c2F)C1. The second-order valence-corrected chi connectivity index (χ2v) is 5.87. The number of nitrogens with zero attached hydrogens (tertiary/aromatic N) is 1. The van der Waals surface area contributed by atoms with E-state index in [0.717, 1.165) is 31.4 Å². The summed E-state index contributed by atoms with van der Waals surface area (Å²) in [5.74, 6) is -1.00. The Hall–Kier alpha value is -1.72. The number of rotatable bonds is 5. The van der Waals surface area contributed by atoms with Crippen molar-refractivity contribution in [1.82, 2.24) is 0 Å². The standard InChI is InChI=1S/C15H20F2N2O2/c1-10-3-2-4-11(9-10)7-8-18-15-13(19(20)21)6-5-12(16)14(15)17/h5-6,10-11,18H,2-4,7-9H2,1H3. The predicted octanol–water partition coefficient (Wildman–Crippen LogP) is 4.50. The van der Waals surface area contributed by atoms with E-state index in [1.54, 1.807) is 0 Å². The van der Waals surface area contributed by atoms with Crippen LogP contribution in [-0.4, -0.2) is 11.5 Å². The highest BCUT2D eigenvalue weighted by Crippen LogP contribution is 2.32. The largest absolute Gasteiger partial charge is 0.377 e. The van der Waals surface area contributed by atoms with Crippen molar-refractivity contribution in [2.45, 2.75) is 39.0 Å². The summed E-state index contributed by atoms with van der Waals surface area (Å²) in [6, 6.07) is 1.77. The molecule has 4 nitrogen and oxygen atoms in total. The van der Waals surface area contributed by atoms with Crippen LogP contribution in [0.4, 0.5) is 20.2 Å². The van der Waals surface area contributed by atoms with E-state index in [1.165, 1.54) is 12.8 Å². The summed E-state index contributed by atoms with van der Waals surface area (Å²) >= 11 is 0. The zero-order valence-corrected chi connectivity index (χ0v) is 12.1. The highest BCUT2D eigenvalue weighted by atomic mass is 19.2. The maximum atomic E-state index is 13.7. The van der Waals surface area contributed by atoms with Crippen LogP contribution in [0.5, 0.6) is 0 Å². The average molecular weight is 298 g/mol. The van der Waals surface area contributed by atoms with Crippen molar-refractivity contribution in [2.24, 2.45) is 11.8 Å². The highest BCUT2D eigenvalue weighted by molar-refractivity contribution is 5.62. The molecule has 0 amide bonds. The maximum absolute atomic E-state index is 13.7. The van der Waals surface area contributed by atoms with Gasteiger partial charge in [-0.3, -0.25) is 10.1 Å². The van der Waals surface area contributed by atoms with Crippen molar-refractivity contribution >= 4 is 11.4 Å². The van der Waals surface area contributed by atoms with Crippen LogP contribution in [-0.2, 0) is 0 Å². The van der Waals surface area contributed by atoms with Crippen LogP contribution in [0.2, 0.25) is 0 Å². The van der Waals surface area contributed by atoms with Gasteiger partial charge in [0.15, 0.2) is 17.3 Å². The number of halogens is 2. The smallest absolute Gasteiger partial charge is 0.295 e. The number of hydrogen-bond acceptors (Lipinski definition) is 3. The lowest BCUT2D eigenvalue weighted by atomic mass is 9.81. The van der Waals surface area contributed by atoms with Crippen molar-refractivity contribution in [2.75, 3.05) is 11.9 Å². The summed E-state index contributed by atoms with van der Waals surface area (Å²) in [7, 11) is 0. The molecule has 1 aromatic rings. The normalized spacial score (nSPS) is 22.0. The minimum atomic E-state index is -1.18. The molecule has 0 bridgehead atoms. The van der Waals surface area contributed by atoms with Gasteiger partial charge in [0, 0.05) is 12.6 Å². The minimum Gasteiger partial charge on any atom is -0.377 e. The van der Waals surface area contributed by atoms with Crippen molar-refractivity contribution in [3.05, 3.63) is 33.9 Å². The molecule has 2 atom stereocenters. The number of anilines is 1. The first-order chi connectivity index (χ1) is 9.99. The van der Waals surface area contributed by atoms with E-state index in [-0.39, 0.29) is 5.69 Å². The molecule has 0 heterocycles. The molecule has 116 valence electrons. The molecular formula is C15H20F2N2O2. The summed E-state index contributed by atoms with van der Waals surface area (Å²) in [5.41, 5.74) is -0.769. The van der Waals surface area contributed by atoms with Gasteiger partial charge in [0.1, 0.15) is 0 Å². The van der Waals surface area contributed by atoms with Gasteiger partial charge in [-0.1, -0.05) is 26.2 Å². The fourth-order valence-electron chi connectivity index (χ4n) is 3.08. The van der Waals surface area contributed by atoms with Gasteiger partial charge in [-0.2, -0.15) is 0 Å². The Morgan fingerprint density at radius 1 is 1.38 bits per heavy atom. The molecule has 21 heavy (non-hydrogen) atoms. The van der Waals surface area contributed by atoms with Gasteiger partial charge in [-0.15, -0.1) is 0 Å². The molecule has 2 unspecified atom stereocenters. The molecule has 0 radical (unpaired) electrons. The molecular weight excluding hydrogens is 278 g/mol. The zero-order chi connectivity index (χ0) is 15.4. The van der Waals surface area contributed by atoms with Crippen LogP contribution in [0, 0.1) is 33.6 Å². The lowest BCUT2D eigenvalue weighted by Gasteiger charge is -2.26. The van der Waals surface area contributed by atoms with E-state index < -0.39 is 22.2 Å². The molecule has 1 saturated carbocycles. The first-order valence-corrected chi connectivity index (χ1v) is 7.35. The lowest BCUT2D eigenvalue weighted by Crippen LogP contribution is -2.17. The molecule has 6 heteroatoms. The van der Waals surface area contributed by atoms with E-state index in [2.05, 4.69) is 12.2 Å². The lowest BCUT2D eigenvalue weighted by molar-refractivity contribution is -0.384. The van der Waals surface area contributed by atoms with Crippen LogP contribution in [0.15, 0.2) is 12.1 Å². The molecule has 0 saturated heterocycles. The first-order valence-electron chi connectivity index (χ1n) is 7.35. The number of nitrogens with one attached hydrogen (secondary N) is 1. The Labute approximate surface area is 122 Å². The van der Waals surface area contributed by atoms with Gasteiger partial charge in [0.25, 0.3) is 5.69 Å². The molecule has 1 N–H and O–H groups in total. The van der Waals surface area contributed by atoms with E-state index in [0.29, 0.717) is 18.4 Å². The molecule has 0 spiro atoms. The predicted molar refractivity (Wildman–Crippen MR) is 77.2 cm³/mol. The average Bonchev–Trinajstić information content (AvgIpc) is 2.43. The van der Waals surface area contributed by atoms with E-state index in [1.807, 2.05) is 0 Å².